The normalized spacial score (nSPS) is 12.9. The van der Waals surface area contributed by atoms with Gasteiger partial charge in [0.2, 0.25) is 11.2 Å². The number of fused-ring (bicyclic) bond motifs is 3. The predicted molar refractivity (Wildman–Crippen MR) is 128 cm³/mol. The first kappa shape index (κ1) is 22.9. The maximum atomic E-state index is 13.6. The van der Waals surface area contributed by atoms with Crippen LogP contribution < -0.4 is 14.9 Å². The largest absolute Gasteiger partial charge is 0.506 e. The third kappa shape index (κ3) is 3.32. The molecule has 9 nitrogen and oxygen atoms in total. The highest BCUT2D eigenvalue weighted by molar-refractivity contribution is 6.28. The molecule has 5 rings (SSSR count). The zero-order valence-electron chi connectivity index (χ0n) is 19.3. The molecule has 4 aromatic rings. The first-order valence-corrected chi connectivity index (χ1v) is 10.7. The van der Waals surface area contributed by atoms with E-state index in [4.69, 9.17) is 18.6 Å². The number of Topliss-reactive ketones (excluding diaryl/α,β-unsaturated/α-hetero) is 1. The second-order valence-corrected chi connectivity index (χ2v) is 8.04. The van der Waals surface area contributed by atoms with E-state index in [1.54, 1.807) is 31.2 Å². The third-order valence-electron chi connectivity index (χ3n) is 5.94. The lowest BCUT2D eigenvalue weighted by Gasteiger charge is -2.20. The minimum absolute atomic E-state index is 0.0674. The molecule has 0 aliphatic heterocycles. The van der Waals surface area contributed by atoms with Gasteiger partial charge in [-0.2, -0.15) is 0 Å². The number of aryl methyl sites for hydroxylation is 1. The van der Waals surface area contributed by atoms with Crippen molar-refractivity contribution in [2.75, 3.05) is 14.2 Å². The summed E-state index contributed by atoms with van der Waals surface area (Å²) in [5, 5.41) is 10.8. The van der Waals surface area contributed by atoms with Crippen LogP contribution in [0.5, 0.6) is 17.2 Å². The van der Waals surface area contributed by atoms with E-state index in [0.29, 0.717) is 11.3 Å². The minimum Gasteiger partial charge on any atom is -0.506 e. The van der Waals surface area contributed by atoms with Crippen LogP contribution in [0.4, 0.5) is 0 Å². The van der Waals surface area contributed by atoms with Gasteiger partial charge in [-0.25, -0.2) is 4.79 Å². The number of hydrogen-bond acceptors (Lipinski definition) is 9. The number of phenolic OH excluding ortho intramolecular Hbond substituents is 1. The van der Waals surface area contributed by atoms with Gasteiger partial charge in [-0.15, -0.1) is 0 Å². The monoisotopic (exact) mass is 486 g/mol. The number of allylic oxidation sites excluding steroid dienone is 2. The fourth-order valence-electron chi connectivity index (χ4n) is 4.26. The van der Waals surface area contributed by atoms with E-state index in [-0.39, 0.29) is 27.9 Å². The molecular weight excluding hydrogens is 468 g/mol. The predicted octanol–water partition coefficient (Wildman–Crippen LogP) is 4.10. The molecule has 0 amide bonds. The van der Waals surface area contributed by atoms with Crippen LogP contribution in [0.1, 0.15) is 36.6 Å². The van der Waals surface area contributed by atoms with Crippen molar-refractivity contribution >= 4 is 39.5 Å². The molecule has 36 heavy (non-hydrogen) atoms. The molecule has 0 unspecified atom stereocenters. The zero-order valence-corrected chi connectivity index (χ0v) is 19.3. The molecule has 1 aliphatic rings. The zero-order chi connectivity index (χ0) is 25.7. The summed E-state index contributed by atoms with van der Waals surface area (Å²) < 4.78 is 21.9. The van der Waals surface area contributed by atoms with Gasteiger partial charge in [-0.05, 0) is 30.7 Å². The van der Waals surface area contributed by atoms with E-state index in [0.717, 1.165) is 6.08 Å². The number of benzene rings is 3. The van der Waals surface area contributed by atoms with E-state index in [1.807, 2.05) is 0 Å². The molecule has 0 spiro atoms. The lowest BCUT2D eigenvalue weighted by atomic mass is 9.89. The Kier molecular flexibility index (Phi) is 5.32. The van der Waals surface area contributed by atoms with Crippen molar-refractivity contribution in [3.63, 3.8) is 0 Å². The molecule has 9 heteroatoms. The first-order chi connectivity index (χ1) is 17.3. The Morgan fingerprint density at radius 3 is 2.33 bits per heavy atom. The molecule has 1 N–H and O–H groups in total. The number of hydrogen-bond donors (Lipinski definition) is 1. The summed E-state index contributed by atoms with van der Waals surface area (Å²) in [5.74, 6) is -3.67. The molecule has 180 valence electrons. The number of carbonyl (C=O) groups excluding carboxylic acids is 3. The average molecular weight is 486 g/mol. The second-order valence-electron chi connectivity index (χ2n) is 8.04. The van der Waals surface area contributed by atoms with Crippen LogP contribution in [0, 0.1) is 6.92 Å². The van der Waals surface area contributed by atoms with Gasteiger partial charge in [0.1, 0.15) is 22.5 Å². The Morgan fingerprint density at radius 1 is 0.944 bits per heavy atom. The number of carbonyl (C=O) groups is 3. The van der Waals surface area contributed by atoms with Gasteiger partial charge < -0.3 is 23.7 Å². The van der Waals surface area contributed by atoms with Crippen molar-refractivity contribution in [2.45, 2.75) is 6.92 Å². The fraction of sp³-hybridized carbons (Fsp3) is 0.111. The molecule has 1 heterocycles. The van der Waals surface area contributed by atoms with E-state index in [1.165, 1.54) is 32.4 Å². The van der Waals surface area contributed by atoms with Crippen molar-refractivity contribution in [1.29, 1.82) is 0 Å². The summed E-state index contributed by atoms with van der Waals surface area (Å²) in [5.41, 5.74) is -1.28. The molecule has 0 atom stereocenters. The van der Waals surface area contributed by atoms with Crippen LogP contribution in [0.25, 0.3) is 21.9 Å². The number of phenols is 1. The van der Waals surface area contributed by atoms with Crippen LogP contribution in [-0.2, 0) is 4.74 Å². The van der Waals surface area contributed by atoms with E-state index in [2.05, 4.69) is 0 Å². The summed E-state index contributed by atoms with van der Waals surface area (Å²) in [7, 11) is 2.64. The van der Waals surface area contributed by atoms with Crippen LogP contribution in [-0.4, -0.2) is 36.9 Å². The number of rotatable bonds is 4. The quantitative estimate of drug-likeness (QED) is 0.257. The van der Waals surface area contributed by atoms with Gasteiger partial charge in [-0.3, -0.25) is 14.4 Å². The van der Waals surface area contributed by atoms with Gasteiger partial charge in [0.05, 0.1) is 36.3 Å². The summed E-state index contributed by atoms with van der Waals surface area (Å²) in [6, 6.07) is 11.0. The summed E-state index contributed by atoms with van der Waals surface area (Å²) in [6.07, 6.45) is 0.901. The lowest BCUT2D eigenvalue weighted by molar-refractivity contribution is 0.0730. The van der Waals surface area contributed by atoms with E-state index >= 15 is 0 Å². The molecule has 1 aliphatic carbocycles. The van der Waals surface area contributed by atoms with Gasteiger partial charge in [-0.1, -0.05) is 18.2 Å². The standard InChI is InChI=1S/C27H18O9/c1-12-9-14(33-2)10-16-18(12)23(30)21-24(31)19-15(28)11-17(34-3)22(29)20(19)25(26(21)35-16)36-27(32)13-7-5-4-6-8-13/h4-11,31H,1-3H3. The van der Waals surface area contributed by atoms with Gasteiger partial charge in [0.25, 0.3) is 0 Å². The highest BCUT2D eigenvalue weighted by Crippen LogP contribution is 2.44. The van der Waals surface area contributed by atoms with Crippen molar-refractivity contribution in [1.82, 2.24) is 0 Å². The maximum Gasteiger partial charge on any atom is 0.343 e. The molecule has 0 saturated heterocycles. The molecule has 0 saturated carbocycles. The highest BCUT2D eigenvalue weighted by atomic mass is 16.5. The smallest absolute Gasteiger partial charge is 0.343 e. The second kappa shape index (κ2) is 8.38. The van der Waals surface area contributed by atoms with E-state index in [9.17, 15) is 24.3 Å². The molecule has 0 fully saturated rings. The topological polar surface area (TPSA) is 129 Å². The van der Waals surface area contributed by atoms with Gasteiger partial charge >= 0.3 is 5.97 Å². The Bertz CT molecular complexity index is 1710. The van der Waals surface area contributed by atoms with Crippen LogP contribution in [0.3, 0.4) is 0 Å². The molecule has 0 radical (unpaired) electrons. The summed E-state index contributed by atoms with van der Waals surface area (Å²) in [4.78, 5) is 52.8. The van der Waals surface area contributed by atoms with Crippen molar-refractivity contribution in [3.8, 4) is 17.2 Å². The van der Waals surface area contributed by atoms with Gasteiger partial charge in [0.15, 0.2) is 22.9 Å². The number of esters is 1. The summed E-state index contributed by atoms with van der Waals surface area (Å²) in [6.45, 7) is 1.65. The number of ketones is 2. The molecule has 0 bridgehead atoms. The Labute approximate surface area is 203 Å². The SMILES string of the molecule is COC1=CC(=O)c2c(c(OC(=O)c3ccccc3)c3oc4cc(OC)cc(C)c4c(=O)c3c2O)C1=O. The van der Waals surface area contributed by atoms with Crippen LogP contribution in [0.2, 0.25) is 0 Å². The van der Waals surface area contributed by atoms with Crippen molar-refractivity contribution < 1.29 is 38.1 Å². The molecule has 1 aromatic heterocycles. The van der Waals surface area contributed by atoms with Crippen molar-refractivity contribution in [2.24, 2.45) is 0 Å². The highest BCUT2D eigenvalue weighted by Gasteiger charge is 2.38. The lowest BCUT2D eigenvalue weighted by Crippen LogP contribution is -2.22. The van der Waals surface area contributed by atoms with E-state index < -0.39 is 51.0 Å². The summed E-state index contributed by atoms with van der Waals surface area (Å²) >= 11 is 0. The average Bonchev–Trinajstić information content (AvgIpc) is 2.87. The van der Waals surface area contributed by atoms with Gasteiger partial charge in [0, 0.05) is 12.1 Å². The van der Waals surface area contributed by atoms with Crippen LogP contribution >= 0.6 is 0 Å². The van der Waals surface area contributed by atoms with Crippen LogP contribution in [0.15, 0.2) is 63.5 Å². The molecule has 3 aromatic carbocycles. The maximum absolute atomic E-state index is 13.6. The fourth-order valence-corrected chi connectivity index (χ4v) is 4.26. The Hall–Kier alpha value is -4.92. The third-order valence-corrected chi connectivity index (χ3v) is 5.94. The Balaban J connectivity index is 1.93. The van der Waals surface area contributed by atoms with Crippen molar-refractivity contribution in [3.05, 3.63) is 86.8 Å². The minimum atomic E-state index is -0.872. The first-order valence-electron chi connectivity index (χ1n) is 10.7. The number of aromatic hydroxyl groups is 1. The number of methoxy groups -OCH3 is 2. The Morgan fingerprint density at radius 2 is 1.67 bits per heavy atom. The molecular formula is C27H18O9. The number of ether oxygens (including phenoxy) is 3.